The standard InChI is InChI=1S/C26H24F10N4O4S/c1-11-7-23(29,30)10-40(11)9-15-17(45-20(37-15)19-38-16(44-39-19)8-22(2,3)21(41)42)13-5-4-12(6-14(13)18(27)28)24(43,25(31,32)33)26(34,35)36/h4-6,11,18,43H,7-10H2,1-3H3,(H,41,42)/p+1/t11-/m0/s1. The topological polar surface area (TPSA) is 115 Å². The zero-order chi connectivity index (χ0) is 33.9. The molecule has 0 amide bonds. The van der Waals surface area contributed by atoms with Crippen LogP contribution >= 0.6 is 11.3 Å². The molecule has 8 nitrogen and oxygen atoms in total. The molecule has 0 radical (unpaired) electrons. The first-order valence-electron chi connectivity index (χ1n) is 13.0. The van der Waals surface area contributed by atoms with Gasteiger partial charge in [-0.25, -0.2) is 22.5 Å². The Bertz CT molecular complexity index is 1550. The predicted octanol–water partition coefficient (Wildman–Crippen LogP) is 6.73. The van der Waals surface area contributed by atoms with E-state index in [9.17, 15) is 53.8 Å². The van der Waals surface area contributed by atoms with Crippen LogP contribution in [-0.4, -0.2) is 67.1 Å². The summed E-state index contributed by atoms with van der Waals surface area (Å²) in [6, 6.07) is 0.0556. The van der Waals surface area contributed by atoms with E-state index in [-0.39, 0.29) is 52.4 Å². The molecular formula is C26H25F10N4O4S+. The fourth-order valence-corrected chi connectivity index (χ4v) is 5.83. The fraction of sp³-hybridized carbons (Fsp3) is 0.538. The SMILES string of the molecule is C[C@H]1CC(F)(F)CN1Cc1nc(-c2noc(CC(C)(C)C(=O)O)n2)sc1-c1ccc(C([OH2+])(C(F)(F)F)C(F)(F)F)cc1C(F)F. The molecule has 4 rings (SSSR count). The molecule has 3 heterocycles. The van der Waals surface area contributed by atoms with Gasteiger partial charge in [0.05, 0.1) is 28.1 Å². The number of hydrogen-bond acceptors (Lipinski definition) is 7. The molecule has 0 aliphatic carbocycles. The summed E-state index contributed by atoms with van der Waals surface area (Å²) in [7, 11) is 0. The van der Waals surface area contributed by atoms with Crippen molar-refractivity contribution in [1.29, 1.82) is 0 Å². The van der Waals surface area contributed by atoms with Gasteiger partial charge in [0, 0.05) is 36.6 Å². The minimum Gasteiger partial charge on any atom is -0.481 e. The number of halogens is 10. The van der Waals surface area contributed by atoms with Crippen LogP contribution in [0.4, 0.5) is 43.9 Å². The van der Waals surface area contributed by atoms with Gasteiger partial charge in [-0.2, -0.15) is 31.3 Å². The van der Waals surface area contributed by atoms with Crippen LogP contribution in [0.2, 0.25) is 0 Å². The van der Waals surface area contributed by atoms with Gasteiger partial charge >= 0.3 is 23.9 Å². The van der Waals surface area contributed by atoms with Crippen LogP contribution in [0.25, 0.3) is 21.3 Å². The Kier molecular flexibility index (Phi) is 8.82. The van der Waals surface area contributed by atoms with E-state index in [0.29, 0.717) is 17.4 Å². The third-order valence-corrected chi connectivity index (χ3v) is 8.48. The number of carbonyl (C=O) groups is 1. The smallest absolute Gasteiger partial charge is 0.480 e. The molecule has 1 aliphatic rings. The minimum absolute atomic E-state index is 0.0514. The summed E-state index contributed by atoms with van der Waals surface area (Å²) in [5.74, 6) is -4.68. The molecule has 3 N–H and O–H groups in total. The van der Waals surface area contributed by atoms with Crippen molar-refractivity contribution in [1.82, 2.24) is 20.0 Å². The van der Waals surface area contributed by atoms with Gasteiger partial charge in [0.1, 0.15) is 0 Å². The Labute approximate surface area is 251 Å². The Morgan fingerprint density at radius 1 is 1.16 bits per heavy atom. The van der Waals surface area contributed by atoms with Crippen LogP contribution < -0.4 is 0 Å². The third kappa shape index (κ3) is 6.65. The number of thiazole rings is 1. The number of aromatic nitrogens is 3. The summed E-state index contributed by atoms with van der Waals surface area (Å²) < 4.78 is 143. The second-order valence-corrected chi connectivity index (χ2v) is 12.3. The summed E-state index contributed by atoms with van der Waals surface area (Å²) in [5, 5.41) is 20.2. The Morgan fingerprint density at radius 3 is 2.29 bits per heavy atom. The van der Waals surface area contributed by atoms with E-state index >= 15 is 0 Å². The molecular weight excluding hydrogens is 654 g/mol. The zero-order valence-corrected chi connectivity index (χ0v) is 24.3. The summed E-state index contributed by atoms with van der Waals surface area (Å²) >= 11 is 0.593. The van der Waals surface area contributed by atoms with Gasteiger partial charge in [0.25, 0.3) is 12.3 Å². The highest BCUT2D eigenvalue weighted by Gasteiger charge is 2.77. The molecule has 248 valence electrons. The van der Waals surface area contributed by atoms with Crippen molar-refractivity contribution >= 4 is 17.3 Å². The lowest BCUT2D eigenvalue weighted by molar-refractivity contribution is -0.376. The van der Waals surface area contributed by atoms with E-state index in [1.165, 1.54) is 25.7 Å². The Morgan fingerprint density at radius 2 is 1.78 bits per heavy atom. The Hall–Kier alpha value is -3.32. The van der Waals surface area contributed by atoms with Crippen LogP contribution in [0, 0.1) is 5.41 Å². The van der Waals surface area contributed by atoms with Gasteiger partial charge < -0.3 is 14.7 Å². The quantitative estimate of drug-likeness (QED) is 0.197. The maximum atomic E-state index is 14.3. The molecule has 1 aliphatic heterocycles. The van der Waals surface area contributed by atoms with Crippen molar-refractivity contribution in [3.63, 3.8) is 0 Å². The number of rotatable bonds is 9. The van der Waals surface area contributed by atoms with E-state index < -0.39 is 77.4 Å². The third-order valence-electron chi connectivity index (χ3n) is 7.35. The number of carboxylic acid groups (broad SMARTS) is 1. The number of aliphatic carboxylic acids is 1. The zero-order valence-electron chi connectivity index (χ0n) is 23.5. The van der Waals surface area contributed by atoms with E-state index in [0.717, 1.165) is 0 Å². The molecule has 0 bridgehead atoms. The largest absolute Gasteiger partial charge is 0.481 e. The predicted molar refractivity (Wildman–Crippen MR) is 138 cm³/mol. The van der Waals surface area contributed by atoms with Gasteiger partial charge in [0.15, 0.2) is 5.01 Å². The molecule has 0 saturated carbocycles. The lowest BCUT2D eigenvalue weighted by atomic mass is 9.89. The molecule has 3 aromatic rings. The monoisotopic (exact) mass is 679 g/mol. The van der Waals surface area contributed by atoms with Gasteiger partial charge in [-0.3, -0.25) is 9.69 Å². The normalized spacial score (nSPS) is 18.2. The summed E-state index contributed by atoms with van der Waals surface area (Å²) in [6.45, 7) is 3.12. The number of carboxylic acids is 1. The number of nitrogens with zero attached hydrogens (tertiary/aromatic N) is 4. The number of hydrogen-bond donors (Lipinski definition) is 1. The second kappa shape index (κ2) is 11.5. The van der Waals surface area contributed by atoms with Gasteiger partial charge in [-0.15, -0.1) is 11.3 Å². The van der Waals surface area contributed by atoms with Crippen molar-refractivity contribution in [3.05, 3.63) is 40.9 Å². The van der Waals surface area contributed by atoms with Crippen molar-refractivity contribution in [2.24, 2.45) is 5.41 Å². The maximum Gasteiger partial charge on any atom is 0.480 e. The van der Waals surface area contributed by atoms with E-state index in [1.54, 1.807) is 0 Å². The lowest BCUT2D eigenvalue weighted by Crippen LogP contribution is -2.54. The number of likely N-dealkylation sites (tertiary alicyclic amines) is 1. The van der Waals surface area contributed by atoms with Crippen LogP contribution in [0.1, 0.15) is 56.3 Å². The first-order chi connectivity index (χ1) is 20.5. The highest BCUT2D eigenvalue weighted by atomic mass is 32.1. The van der Waals surface area contributed by atoms with Crippen molar-refractivity contribution in [2.75, 3.05) is 6.54 Å². The van der Waals surface area contributed by atoms with Crippen molar-refractivity contribution < 1.29 is 63.4 Å². The fourth-order valence-electron chi connectivity index (χ4n) is 4.79. The molecule has 1 saturated heterocycles. The molecule has 1 atom stereocenters. The number of alkyl halides is 10. The summed E-state index contributed by atoms with van der Waals surface area (Å²) in [4.78, 5) is 20.9. The molecule has 1 fully saturated rings. The van der Waals surface area contributed by atoms with Crippen molar-refractivity contribution in [2.45, 2.75) is 76.5 Å². The molecule has 45 heavy (non-hydrogen) atoms. The Balaban J connectivity index is 1.86. The van der Waals surface area contributed by atoms with E-state index in [1.807, 2.05) is 0 Å². The average Bonchev–Trinajstić information content (AvgIpc) is 3.58. The van der Waals surface area contributed by atoms with Crippen LogP contribution in [-0.2, 0) is 23.4 Å². The average molecular weight is 680 g/mol. The van der Waals surface area contributed by atoms with Gasteiger partial charge in [0.2, 0.25) is 11.7 Å². The van der Waals surface area contributed by atoms with Crippen molar-refractivity contribution in [3.8, 4) is 21.3 Å². The van der Waals surface area contributed by atoms with E-state index in [4.69, 9.17) is 9.63 Å². The lowest BCUT2D eigenvalue weighted by Gasteiger charge is -2.29. The second-order valence-electron chi connectivity index (χ2n) is 11.3. The molecule has 19 heteroatoms. The first-order valence-corrected chi connectivity index (χ1v) is 13.8. The summed E-state index contributed by atoms with van der Waals surface area (Å²) in [5.41, 5.74) is -10.3. The molecule has 0 spiro atoms. The van der Waals surface area contributed by atoms with E-state index in [2.05, 4.69) is 15.1 Å². The molecule has 2 aromatic heterocycles. The highest BCUT2D eigenvalue weighted by Crippen LogP contribution is 2.51. The summed E-state index contributed by atoms with van der Waals surface area (Å²) in [6.07, 6.45) is -16.8. The van der Waals surface area contributed by atoms with Gasteiger partial charge in [-0.1, -0.05) is 11.2 Å². The van der Waals surface area contributed by atoms with Crippen LogP contribution in [0.3, 0.4) is 0 Å². The first kappa shape index (κ1) is 34.6. The van der Waals surface area contributed by atoms with Crippen LogP contribution in [0.15, 0.2) is 22.7 Å². The minimum atomic E-state index is -6.22. The molecule has 1 aromatic carbocycles. The van der Waals surface area contributed by atoms with Gasteiger partial charge in [-0.05, 0) is 32.9 Å². The van der Waals surface area contributed by atoms with Crippen LogP contribution in [0.5, 0.6) is 0 Å². The number of benzene rings is 1. The maximum absolute atomic E-state index is 14.3. The highest BCUT2D eigenvalue weighted by molar-refractivity contribution is 7.18. The molecule has 0 unspecified atom stereocenters.